The van der Waals surface area contributed by atoms with Gasteiger partial charge in [0, 0.05) is 32.1 Å². The average molecular weight is 391 g/mol. The molecule has 2 unspecified atom stereocenters. The van der Waals surface area contributed by atoms with E-state index in [2.05, 4.69) is 4.90 Å². The first-order valence-electron chi connectivity index (χ1n) is 10.4. The third-order valence-corrected chi connectivity index (χ3v) is 8.70. The van der Waals surface area contributed by atoms with E-state index in [1.54, 1.807) is 28.6 Å². The van der Waals surface area contributed by atoms with Crippen molar-refractivity contribution < 1.29 is 13.2 Å². The first kappa shape index (κ1) is 18.9. The standard InChI is InChI=1S/C21H30N2O3S/c24-21(22-13-10-17-6-4-5-7-19(17)16-22)18-11-14-23(15-12-18)27(25,26)20-8-2-1-3-9-20/h1-3,8-9,17-19H,4-7,10-16H2. The number of carbonyl (C=O) groups is 1. The Bertz CT molecular complexity index is 757. The minimum absolute atomic E-state index is 0.0210. The summed E-state index contributed by atoms with van der Waals surface area (Å²) in [5.74, 6) is 1.75. The molecule has 4 rings (SSSR count). The van der Waals surface area contributed by atoms with Crippen LogP contribution in [0.25, 0.3) is 0 Å². The van der Waals surface area contributed by atoms with Gasteiger partial charge in [-0.1, -0.05) is 37.5 Å². The van der Waals surface area contributed by atoms with Gasteiger partial charge in [0.05, 0.1) is 4.90 Å². The van der Waals surface area contributed by atoms with Crippen LogP contribution in [0.15, 0.2) is 35.2 Å². The predicted octanol–water partition coefficient (Wildman–Crippen LogP) is 3.13. The fraction of sp³-hybridized carbons (Fsp3) is 0.667. The Labute approximate surface area is 162 Å². The van der Waals surface area contributed by atoms with Gasteiger partial charge in [0.1, 0.15) is 0 Å². The maximum Gasteiger partial charge on any atom is 0.243 e. The van der Waals surface area contributed by atoms with Crippen molar-refractivity contribution in [2.45, 2.75) is 49.8 Å². The number of sulfonamides is 1. The average Bonchev–Trinajstić information content (AvgIpc) is 2.73. The van der Waals surface area contributed by atoms with Crippen molar-refractivity contribution in [1.82, 2.24) is 9.21 Å². The molecule has 6 heteroatoms. The smallest absolute Gasteiger partial charge is 0.243 e. The van der Waals surface area contributed by atoms with Crippen molar-refractivity contribution in [3.63, 3.8) is 0 Å². The SMILES string of the molecule is O=C(C1CCN(S(=O)(=O)c2ccccc2)CC1)N1CCC2CCCCC2C1. The van der Waals surface area contributed by atoms with Crippen LogP contribution in [0.3, 0.4) is 0 Å². The molecule has 27 heavy (non-hydrogen) atoms. The van der Waals surface area contributed by atoms with E-state index in [9.17, 15) is 13.2 Å². The van der Waals surface area contributed by atoms with Gasteiger partial charge in [-0.05, 0) is 49.7 Å². The summed E-state index contributed by atoms with van der Waals surface area (Å²) in [7, 11) is -3.44. The van der Waals surface area contributed by atoms with E-state index in [-0.39, 0.29) is 11.8 Å². The lowest BCUT2D eigenvalue weighted by Crippen LogP contribution is -2.49. The predicted molar refractivity (Wildman–Crippen MR) is 105 cm³/mol. The van der Waals surface area contributed by atoms with Crippen LogP contribution in [0.2, 0.25) is 0 Å². The number of hydrogen-bond donors (Lipinski definition) is 0. The van der Waals surface area contributed by atoms with E-state index in [4.69, 9.17) is 0 Å². The second-order valence-electron chi connectivity index (χ2n) is 8.37. The molecule has 2 saturated heterocycles. The van der Waals surface area contributed by atoms with Crippen LogP contribution in [0.1, 0.15) is 44.9 Å². The lowest BCUT2D eigenvalue weighted by molar-refractivity contribution is -0.139. The molecule has 1 saturated carbocycles. The zero-order valence-electron chi connectivity index (χ0n) is 15.9. The maximum atomic E-state index is 13.0. The molecule has 1 amide bonds. The first-order chi connectivity index (χ1) is 13.1. The van der Waals surface area contributed by atoms with Crippen LogP contribution >= 0.6 is 0 Å². The second kappa shape index (κ2) is 7.92. The van der Waals surface area contributed by atoms with Gasteiger partial charge in [0.15, 0.2) is 0 Å². The van der Waals surface area contributed by atoms with Gasteiger partial charge in [-0.3, -0.25) is 4.79 Å². The normalized spacial score (nSPS) is 27.9. The van der Waals surface area contributed by atoms with E-state index in [0.717, 1.165) is 25.4 Å². The van der Waals surface area contributed by atoms with E-state index >= 15 is 0 Å². The van der Waals surface area contributed by atoms with E-state index in [0.29, 0.717) is 36.7 Å². The minimum Gasteiger partial charge on any atom is -0.342 e. The van der Waals surface area contributed by atoms with Crippen LogP contribution in [0.5, 0.6) is 0 Å². The van der Waals surface area contributed by atoms with E-state index in [1.807, 2.05) is 6.07 Å². The summed E-state index contributed by atoms with van der Waals surface area (Å²) in [6.07, 6.45) is 7.68. The zero-order chi connectivity index (χ0) is 18.9. The summed E-state index contributed by atoms with van der Waals surface area (Å²) < 4.78 is 27.0. The summed E-state index contributed by atoms with van der Waals surface area (Å²) in [5, 5.41) is 0. The molecule has 3 aliphatic rings. The van der Waals surface area contributed by atoms with Crippen LogP contribution in [-0.2, 0) is 14.8 Å². The molecule has 0 N–H and O–H groups in total. The van der Waals surface area contributed by atoms with Gasteiger partial charge in [-0.15, -0.1) is 0 Å². The van der Waals surface area contributed by atoms with Crippen LogP contribution in [-0.4, -0.2) is 49.7 Å². The Kier molecular flexibility index (Phi) is 5.55. The highest BCUT2D eigenvalue weighted by Crippen LogP contribution is 2.37. The van der Waals surface area contributed by atoms with Crippen molar-refractivity contribution >= 4 is 15.9 Å². The lowest BCUT2D eigenvalue weighted by atomic mass is 9.75. The molecule has 1 aromatic rings. The highest BCUT2D eigenvalue weighted by Gasteiger charge is 2.37. The van der Waals surface area contributed by atoms with Gasteiger partial charge in [-0.2, -0.15) is 4.31 Å². The second-order valence-corrected chi connectivity index (χ2v) is 10.3. The molecule has 0 aromatic heterocycles. The molecule has 5 nitrogen and oxygen atoms in total. The first-order valence-corrected chi connectivity index (χ1v) is 11.8. The number of benzene rings is 1. The quantitative estimate of drug-likeness (QED) is 0.797. The Morgan fingerprint density at radius 2 is 1.52 bits per heavy atom. The Morgan fingerprint density at radius 1 is 0.852 bits per heavy atom. The number of fused-ring (bicyclic) bond motifs is 1. The van der Waals surface area contributed by atoms with Crippen LogP contribution in [0, 0.1) is 17.8 Å². The van der Waals surface area contributed by atoms with Gasteiger partial charge >= 0.3 is 0 Å². The maximum absolute atomic E-state index is 13.0. The molecular weight excluding hydrogens is 360 g/mol. The molecule has 0 bridgehead atoms. The third kappa shape index (κ3) is 3.92. The van der Waals surface area contributed by atoms with Crippen LogP contribution in [0.4, 0.5) is 0 Å². The highest BCUT2D eigenvalue weighted by atomic mass is 32.2. The van der Waals surface area contributed by atoms with Gasteiger partial charge in [-0.25, -0.2) is 8.42 Å². The number of carbonyl (C=O) groups excluding carboxylic acids is 1. The molecule has 3 fully saturated rings. The van der Waals surface area contributed by atoms with Crippen LogP contribution < -0.4 is 0 Å². The third-order valence-electron chi connectivity index (χ3n) is 6.79. The molecule has 0 radical (unpaired) electrons. The van der Waals surface area contributed by atoms with Crippen molar-refractivity contribution in [3.8, 4) is 0 Å². The number of nitrogens with zero attached hydrogens (tertiary/aromatic N) is 2. The number of piperidine rings is 2. The lowest BCUT2D eigenvalue weighted by Gasteiger charge is -2.43. The van der Waals surface area contributed by atoms with Gasteiger partial charge < -0.3 is 4.90 Å². The summed E-state index contributed by atoms with van der Waals surface area (Å²) in [6.45, 7) is 2.69. The molecule has 1 aliphatic carbocycles. The van der Waals surface area contributed by atoms with E-state index < -0.39 is 10.0 Å². The van der Waals surface area contributed by atoms with Gasteiger partial charge in [0.25, 0.3) is 0 Å². The summed E-state index contributed by atoms with van der Waals surface area (Å²) in [5.41, 5.74) is 0. The minimum atomic E-state index is -3.44. The van der Waals surface area contributed by atoms with Crippen molar-refractivity contribution in [2.24, 2.45) is 17.8 Å². The molecule has 1 aromatic carbocycles. The number of likely N-dealkylation sites (tertiary alicyclic amines) is 1. The van der Waals surface area contributed by atoms with Crippen molar-refractivity contribution in [1.29, 1.82) is 0 Å². The fourth-order valence-electron chi connectivity index (χ4n) is 5.14. The Balaban J connectivity index is 1.34. The summed E-state index contributed by atoms with van der Waals surface area (Å²) in [4.78, 5) is 15.4. The van der Waals surface area contributed by atoms with Crippen molar-refractivity contribution in [2.75, 3.05) is 26.2 Å². The molecular formula is C21H30N2O3S. The molecule has 2 aliphatic heterocycles. The molecule has 2 heterocycles. The highest BCUT2D eigenvalue weighted by molar-refractivity contribution is 7.89. The molecule has 148 valence electrons. The number of rotatable bonds is 3. The van der Waals surface area contributed by atoms with E-state index in [1.165, 1.54) is 25.7 Å². The largest absolute Gasteiger partial charge is 0.342 e. The van der Waals surface area contributed by atoms with Crippen molar-refractivity contribution in [3.05, 3.63) is 30.3 Å². The number of amides is 1. The Morgan fingerprint density at radius 3 is 2.22 bits per heavy atom. The Hall–Kier alpha value is -1.40. The topological polar surface area (TPSA) is 57.7 Å². The van der Waals surface area contributed by atoms with Gasteiger partial charge in [0.2, 0.25) is 15.9 Å². The fourth-order valence-corrected chi connectivity index (χ4v) is 6.63. The summed E-state index contributed by atoms with van der Waals surface area (Å²) in [6, 6.07) is 8.59. The summed E-state index contributed by atoms with van der Waals surface area (Å²) >= 11 is 0. The molecule has 2 atom stereocenters. The molecule has 0 spiro atoms. The number of hydrogen-bond acceptors (Lipinski definition) is 3. The zero-order valence-corrected chi connectivity index (χ0v) is 16.7. The monoisotopic (exact) mass is 390 g/mol.